The van der Waals surface area contributed by atoms with Crippen LogP contribution in [0.1, 0.15) is 41.4 Å². The topological polar surface area (TPSA) is 89.3 Å². The van der Waals surface area contributed by atoms with E-state index in [1.54, 1.807) is 43.3 Å². The second-order valence-electron chi connectivity index (χ2n) is 6.45. The molecule has 25 heavy (non-hydrogen) atoms. The van der Waals surface area contributed by atoms with Gasteiger partial charge in [0.1, 0.15) is 23.1 Å². The maximum Gasteiger partial charge on any atom is 0.255 e. The molecule has 2 atom stereocenters. The summed E-state index contributed by atoms with van der Waals surface area (Å²) in [6.45, 7) is 2.33. The number of methoxy groups -OCH3 is 1. The zero-order valence-corrected chi connectivity index (χ0v) is 14.3. The van der Waals surface area contributed by atoms with Gasteiger partial charge < -0.3 is 19.7 Å². The van der Waals surface area contributed by atoms with Crippen molar-refractivity contribution >= 4 is 5.91 Å². The van der Waals surface area contributed by atoms with Crippen LogP contribution in [0, 0.1) is 11.3 Å². The molecule has 6 nitrogen and oxygen atoms in total. The van der Waals surface area contributed by atoms with Crippen molar-refractivity contribution in [3.05, 3.63) is 53.3 Å². The van der Waals surface area contributed by atoms with E-state index in [0.29, 0.717) is 17.8 Å². The maximum absolute atomic E-state index is 12.8. The van der Waals surface area contributed by atoms with Crippen LogP contribution in [0.15, 0.2) is 36.5 Å². The summed E-state index contributed by atoms with van der Waals surface area (Å²) in [5.41, 5.74) is 0.354. The molecule has 1 aliphatic heterocycles. The summed E-state index contributed by atoms with van der Waals surface area (Å²) in [7, 11) is 1.59. The highest BCUT2D eigenvalue weighted by molar-refractivity contribution is 5.95. The number of amides is 1. The molecule has 0 spiro atoms. The van der Waals surface area contributed by atoms with Gasteiger partial charge in [-0.25, -0.2) is 0 Å². The molecule has 1 amide bonds. The molecule has 2 heterocycles. The number of nitriles is 1. The minimum atomic E-state index is -1.17. The van der Waals surface area contributed by atoms with Crippen LogP contribution in [-0.4, -0.2) is 40.6 Å². The molecule has 0 radical (unpaired) electrons. The number of likely N-dealkylation sites (tertiary alicyclic amines) is 1. The van der Waals surface area contributed by atoms with Crippen molar-refractivity contribution in [2.75, 3.05) is 13.7 Å². The molecule has 3 rings (SSSR count). The second kappa shape index (κ2) is 6.61. The number of hydrogen-bond donors (Lipinski definition) is 2. The standard InChI is InChI=1S/C19H21N3O3/c1-19(24,14-5-7-16(25-2)8-6-14)17-4-3-9-22(17)18(23)13-10-15(11-20)21-12-13/h5-8,10,12,17,21,24H,3-4,9H2,1-2H3/t17-,19-/m1/s1. The molecule has 1 aromatic carbocycles. The van der Waals surface area contributed by atoms with Crippen LogP contribution in [0.4, 0.5) is 0 Å². The first-order chi connectivity index (χ1) is 12.0. The Morgan fingerprint density at radius 3 is 2.76 bits per heavy atom. The molecule has 0 bridgehead atoms. The normalized spacial score (nSPS) is 19.3. The Hall–Kier alpha value is -2.78. The first kappa shape index (κ1) is 17.1. The van der Waals surface area contributed by atoms with Crippen molar-refractivity contribution in [3.63, 3.8) is 0 Å². The zero-order valence-electron chi connectivity index (χ0n) is 14.3. The third-order valence-electron chi connectivity index (χ3n) is 4.89. The lowest BCUT2D eigenvalue weighted by atomic mass is 9.86. The van der Waals surface area contributed by atoms with Gasteiger partial charge >= 0.3 is 0 Å². The quantitative estimate of drug-likeness (QED) is 0.895. The van der Waals surface area contributed by atoms with Crippen LogP contribution < -0.4 is 4.74 Å². The van der Waals surface area contributed by atoms with Crippen molar-refractivity contribution in [2.45, 2.75) is 31.4 Å². The fourth-order valence-electron chi connectivity index (χ4n) is 3.46. The first-order valence-electron chi connectivity index (χ1n) is 8.23. The molecule has 1 fully saturated rings. The molecule has 2 aromatic rings. The van der Waals surface area contributed by atoms with Crippen LogP contribution in [0.5, 0.6) is 5.75 Å². The minimum Gasteiger partial charge on any atom is -0.497 e. The van der Waals surface area contributed by atoms with Gasteiger partial charge in [-0.2, -0.15) is 5.26 Å². The molecule has 130 valence electrons. The van der Waals surface area contributed by atoms with E-state index < -0.39 is 5.60 Å². The summed E-state index contributed by atoms with van der Waals surface area (Å²) in [5.74, 6) is 0.546. The van der Waals surface area contributed by atoms with E-state index in [2.05, 4.69) is 4.98 Å². The van der Waals surface area contributed by atoms with E-state index in [9.17, 15) is 9.90 Å². The smallest absolute Gasteiger partial charge is 0.255 e. The van der Waals surface area contributed by atoms with E-state index in [1.807, 2.05) is 18.2 Å². The Balaban J connectivity index is 1.86. The minimum absolute atomic E-state index is 0.172. The lowest BCUT2D eigenvalue weighted by Crippen LogP contribution is -2.48. The monoisotopic (exact) mass is 339 g/mol. The second-order valence-corrected chi connectivity index (χ2v) is 6.45. The Morgan fingerprint density at radius 2 is 2.16 bits per heavy atom. The highest BCUT2D eigenvalue weighted by atomic mass is 16.5. The Bertz CT molecular complexity index is 802. The van der Waals surface area contributed by atoms with E-state index in [1.165, 1.54) is 0 Å². The van der Waals surface area contributed by atoms with Gasteiger partial charge in [0, 0.05) is 12.7 Å². The fourth-order valence-corrected chi connectivity index (χ4v) is 3.46. The average Bonchev–Trinajstić information content (AvgIpc) is 3.30. The number of aromatic nitrogens is 1. The number of ether oxygens (including phenoxy) is 1. The zero-order chi connectivity index (χ0) is 18.0. The predicted molar refractivity (Wildman–Crippen MR) is 92.1 cm³/mol. The van der Waals surface area contributed by atoms with Crippen LogP contribution >= 0.6 is 0 Å². The predicted octanol–water partition coefficient (Wildman–Crippen LogP) is 2.41. The molecule has 2 N–H and O–H groups in total. The number of carbonyl (C=O) groups is 1. The van der Waals surface area contributed by atoms with Gasteiger partial charge in [-0.3, -0.25) is 4.79 Å². The fraction of sp³-hybridized carbons (Fsp3) is 0.368. The Kier molecular flexibility index (Phi) is 4.51. The van der Waals surface area contributed by atoms with Crippen LogP contribution in [0.3, 0.4) is 0 Å². The van der Waals surface area contributed by atoms with E-state index >= 15 is 0 Å². The molecule has 0 aliphatic carbocycles. The molecule has 1 aromatic heterocycles. The lowest BCUT2D eigenvalue weighted by Gasteiger charge is -2.37. The van der Waals surface area contributed by atoms with Crippen LogP contribution in [-0.2, 0) is 5.60 Å². The Morgan fingerprint density at radius 1 is 1.44 bits per heavy atom. The number of rotatable bonds is 4. The number of benzene rings is 1. The highest BCUT2D eigenvalue weighted by Gasteiger charge is 2.42. The summed E-state index contributed by atoms with van der Waals surface area (Å²) in [4.78, 5) is 17.3. The SMILES string of the molecule is COc1ccc([C@@](C)(O)[C@H]2CCCN2C(=O)c2c[nH]c(C#N)c2)cc1. The van der Waals surface area contributed by atoms with Crippen molar-refractivity contribution < 1.29 is 14.6 Å². The molecular weight excluding hydrogens is 318 g/mol. The summed E-state index contributed by atoms with van der Waals surface area (Å²) in [6.07, 6.45) is 3.09. The summed E-state index contributed by atoms with van der Waals surface area (Å²) < 4.78 is 5.16. The van der Waals surface area contributed by atoms with Gasteiger partial charge in [0.25, 0.3) is 5.91 Å². The van der Waals surface area contributed by atoms with Crippen molar-refractivity contribution in [3.8, 4) is 11.8 Å². The van der Waals surface area contributed by atoms with Gasteiger partial charge in [0.2, 0.25) is 0 Å². The van der Waals surface area contributed by atoms with Gasteiger partial charge in [0.15, 0.2) is 0 Å². The van der Waals surface area contributed by atoms with Crippen LogP contribution in [0.2, 0.25) is 0 Å². The van der Waals surface area contributed by atoms with Crippen molar-refractivity contribution in [1.82, 2.24) is 9.88 Å². The number of carbonyl (C=O) groups excluding carboxylic acids is 1. The molecule has 6 heteroatoms. The summed E-state index contributed by atoms with van der Waals surface area (Å²) in [5, 5.41) is 20.1. The van der Waals surface area contributed by atoms with Gasteiger partial charge in [-0.1, -0.05) is 12.1 Å². The number of hydrogen-bond acceptors (Lipinski definition) is 4. The number of nitrogens with zero attached hydrogens (tertiary/aromatic N) is 2. The molecule has 0 saturated carbocycles. The van der Waals surface area contributed by atoms with Gasteiger partial charge in [0.05, 0.1) is 18.7 Å². The lowest BCUT2D eigenvalue weighted by molar-refractivity contribution is -0.0177. The third kappa shape index (κ3) is 3.11. The van der Waals surface area contributed by atoms with E-state index in [-0.39, 0.29) is 11.9 Å². The van der Waals surface area contributed by atoms with E-state index in [0.717, 1.165) is 24.2 Å². The summed E-state index contributed by atoms with van der Waals surface area (Å²) in [6, 6.07) is 10.5. The van der Waals surface area contributed by atoms with Gasteiger partial charge in [-0.15, -0.1) is 0 Å². The number of aliphatic hydroxyl groups is 1. The van der Waals surface area contributed by atoms with Crippen molar-refractivity contribution in [1.29, 1.82) is 5.26 Å². The number of nitrogens with one attached hydrogen (secondary N) is 1. The number of H-pyrrole nitrogens is 1. The largest absolute Gasteiger partial charge is 0.497 e. The third-order valence-corrected chi connectivity index (χ3v) is 4.89. The Labute approximate surface area is 146 Å². The van der Waals surface area contributed by atoms with Crippen LogP contribution in [0.25, 0.3) is 0 Å². The highest BCUT2D eigenvalue weighted by Crippen LogP contribution is 2.36. The molecule has 1 saturated heterocycles. The van der Waals surface area contributed by atoms with Gasteiger partial charge in [-0.05, 0) is 43.5 Å². The molecule has 0 unspecified atom stereocenters. The first-order valence-corrected chi connectivity index (χ1v) is 8.23. The summed E-state index contributed by atoms with van der Waals surface area (Å²) >= 11 is 0. The molecular formula is C19H21N3O3. The number of aromatic amines is 1. The average molecular weight is 339 g/mol. The van der Waals surface area contributed by atoms with E-state index in [4.69, 9.17) is 10.00 Å². The maximum atomic E-state index is 12.8. The molecule has 1 aliphatic rings. The van der Waals surface area contributed by atoms with Crippen molar-refractivity contribution in [2.24, 2.45) is 0 Å².